The van der Waals surface area contributed by atoms with Gasteiger partial charge in [-0.05, 0) is 85.1 Å². The lowest BCUT2D eigenvalue weighted by Crippen LogP contribution is -2.29. The van der Waals surface area contributed by atoms with Crippen LogP contribution in [0.5, 0.6) is 0 Å². The SMILES string of the molecule is CC.CCc1ccc(C)cc1.O=C1C=Cc2ccc(Cc3ccc(N4CCCCC4)cc3)cc2C1.[HH]. The van der Waals surface area contributed by atoms with E-state index in [4.69, 9.17) is 0 Å². The standard InChI is InChI=1S/C22H23NO.C9H12.C2H6.H2/c24-22-11-8-19-7-4-18(15-20(19)16-22)14-17-5-9-21(10-6-17)23-12-2-1-3-13-23;1-3-9-6-4-8(2)5-7-9;1-2;/h4-11,15H,1-3,12-14,16H2;4-7H,3H2,1-2H3;1-2H3;1H. The summed E-state index contributed by atoms with van der Waals surface area (Å²) in [6.07, 6.45) is 10.2. The maximum absolute atomic E-state index is 11.6. The highest BCUT2D eigenvalue weighted by atomic mass is 16.1. The van der Waals surface area contributed by atoms with Gasteiger partial charge < -0.3 is 4.90 Å². The van der Waals surface area contributed by atoms with E-state index in [2.05, 4.69) is 85.5 Å². The molecule has 0 saturated carbocycles. The highest BCUT2D eigenvalue weighted by Crippen LogP contribution is 2.23. The number of hydrogen-bond acceptors (Lipinski definition) is 2. The van der Waals surface area contributed by atoms with Crippen molar-refractivity contribution in [1.29, 1.82) is 0 Å². The minimum Gasteiger partial charge on any atom is -0.372 e. The van der Waals surface area contributed by atoms with E-state index < -0.39 is 0 Å². The molecule has 3 aromatic rings. The van der Waals surface area contributed by atoms with Gasteiger partial charge in [-0.25, -0.2) is 0 Å². The van der Waals surface area contributed by atoms with Gasteiger partial charge in [0.15, 0.2) is 5.78 Å². The molecule has 0 N–H and O–H groups in total. The van der Waals surface area contributed by atoms with Crippen LogP contribution >= 0.6 is 0 Å². The van der Waals surface area contributed by atoms with Crippen molar-refractivity contribution < 1.29 is 6.22 Å². The highest BCUT2D eigenvalue weighted by molar-refractivity contribution is 5.98. The van der Waals surface area contributed by atoms with Crippen LogP contribution in [0.15, 0.2) is 72.8 Å². The van der Waals surface area contributed by atoms with Crippen LogP contribution < -0.4 is 4.90 Å². The summed E-state index contributed by atoms with van der Waals surface area (Å²) in [6, 6.07) is 24.2. The van der Waals surface area contributed by atoms with Crippen LogP contribution in [0, 0.1) is 6.92 Å². The number of benzene rings is 3. The molecule has 0 atom stereocenters. The van der Waals surface area contributed by atoms with Crippen molar-refractivity contribution in [2.24, 2.45) is 0 Å². The summed E-state index contributed by atoms with van der Waals surface area (Å²) in [6.45, 7) is 10.7. The average Bonchev–Trinajstić information content (AvgIpc) is 2.91. The van der Waals surface area contributed by atoms with E-state index >= 15 is 0 Å². The molecule has 2 nitrogen and oxygen atoms in total. The zero-order chi connectivity index (χ0) is 25.0. The van der Waals surface area contributed by atoms with Gasteiger partial charge in [0.1, 0.15) is 0 Å². The maximum Gasteiger partial charge on any atom is 0.160 e. The molecule has 1 fully saturated rings. The first-order valence-electron chi connectivity index (χ1n) is 13.3. The third-order valence-corrected chi connectivity index (χ3v) is 6.62. The molecule has 1 aliphatic heterocycles. The fourth-order valence-electron chi connectivity index (χ4n) is 4.55. The average molecular weight is 470 g/mol. The van der Waals surface area contributed by atoms with Crippen molar-refractivity contribution in [1.82, 2.24) is 0 Å². The molecule has 0 spiro atoms. The predicted molar refractivity (Wildman–Crippen MR) is 154 cm³/mol. The van der Waals surface area contributed by atoms with Crippen LogP contribution in [0.1, 0.15) is 74.8 Å². The lowest BCUT2D eigenvalue weighted by atomic mass is 9.93. The third-order valence-electron chi connectivity index (χ3n) is 6.62. The van der Waals surface area contributed by atoms with Gasteiger partial charge in [-0.2, -0.15) is 0 Å². The van der Waals surface area contributed by atoms with Crippen molar-refractivity contribution >= 4 is 17.5 Å². The van der Waals surface area contributed by atoms with Crippen molar-refractivity contribution in [2.75, 3.05) is 18.0 Å². The number of ketones is 1. The van der Waals surface area contributed by atoms with E-state index in [1.807, 2.05) is 19.9 Å². The molecule has 2 aliphatic rings. The Morgan fingerprint density at radius 3 is 2.06 bits per heavy atom. The summed E-state index contributed by atoms with van der Waals surface area (Å²) >= 11 is 0. The molecule has 1 saturated heterocycles. The molecule has 1 heterocycles. The highest BCUT2D eigenvalue weighted by Gasteiger charge is 2.12. The molecule has 0 amide bonds. The van der Waals surface area contributed by atoms with Crippen LogP contribution in [0.4, 0.5) is 5.69 Å². The molecule has 5 rings (SSSR count). The molecule has 0 radical (unpaired) electrons. The minimum absolute atomic E-state index is 0. The first-order valence-corrected chi connectivity index (χ1v) is 13.3. The van der Waals surface area contributed by atoms with Crippen LogP contribution in [-0.4, -0.2) is 18.9 Å². The second kappa shape index (κ2) is 13.7. The van der Waals surface area contributed by atoms with Crippen molar-refractivity contribution in [3.63, 3.8) is 0 Å². The van der Waals surface area contributed by atoms with E-state index in [0.717, 1.165) is 18.4 Å². The summed E-state index contributed by atoms with van der Waals surface area (Å²) in [5.41, 5.74) is 9.05. The van der Waals surface area contributed by atoms with Crippen molar-refractivity contribution in [2.45, 2.75) is 66.2 Å². The first kappa shape index (κ1) is 26.5. The lowest BCUT2D eigenvalue weighted by molar-refractivity contribution is -0.114. The van der Waals surface area contributed by atoms with Gasteiger partial charge in [-0.3, -0.25) is 4.79 Å². The Bertz CT molecular complexity index is 1090. The Labute approximate surface area is 214 Å². The second-order valence-corrected chi connectivity index (χ2v) is 9.24. The van der Waals surface area contributed by atoms with Gasteiger partial charge in [-0.15, -0.1) is 0 Å². The van der Waals surface area contributed by atoms with Crippen LogP contribution in [-0.2, 0) is 24.1 Å². The number of anilines is 1. The number of piperidine rings is 1. The Balaban J connectivity index is 0.000000322. The van der Waals surface area contributed by atoms with Crippen LogP contribution in [0.2, 0.25) is 0 Å². The Kier molecular flexibility index (Phi) is 10.3. The van der Waals surface area contributed by atoms with Crippen molar-refractivity contribution in [3.8, 4) is 0 Å². The molecular formula is C33H43NO. The van der Waals surface area contributed by atoms with E-state index in [0.29, 0.717) is 6.42 Å². The molecule has 0 unspecified atom stereocenters. The quantitative estimate of drug-likeness (QED) is 0.383. The second-order valence-electron chi connectivity index (χ2n) is 9.24. The monoisotopic (exact) mass is 469 g/mol. The first-order chi connectivity index (χ1) is 17.1. The van der Waals surface area contributed by atoms with E-state index in [9.17, 15) is 4.79 Å². The summed E-state index contributed by atoms with van der Waals surface area (Å²) in [4.78, 5) is 14.1. The van der Waals surface area contributed by atoms with E-state index in [-0.39, 0.29) is 7.21 Å². The number of fused-ring (bicyclic) bond motifs is 1. The number of aryl methyl sites for hydroxylation is 2. The topological polar surface area (TPSA) is 20.3 Å². The normalized spacial score (nSPS) is 14.3. The van der Waals surface area contributed by atoms with E-state index in [1.54, 1.807) is 6.08 Å². The molecule has 0 bridgehead atoms. The Morgan fingerprint density at radius 1 is 0.771 bits per heavy atom. The Hall–Kier alpha value is -3.13. The Morgan fingerprint density at radius 2 is 1.40 bits per heavy atom. The largest absolute Gasteiger partial charge is 0.372 e. The zero-order valence-electron chi connectivity index (χ0n) is 22.0. The predicted octanol–water partition coefficient (Wildman–Crippen LogP) is 8.24. The number of carbonyl (C=O) groups excluding carboxylic acids is 1. The van der Waals surface area contributed by atoms with Crippen LogP contribution in [0.3, 0.4) is 0 Å². The van der Waals surface area contributed by atoms with Gasteiger partial charge in [-0.1, -0.05) is 87.0 Å². The summed E-state index contributed by atoms with van der Waals surface area (Å²) < 4.78 is 0. The third kappa shape index (κ3) is 7.96. The number of nitrogens with zero attached hydrogens (tertiary/aromatic N) is 1. The molecule has 1 aliphatic carbocycles. The summed E-state index contributed by atoms with van der Waals surface area (Å²) in [7, 11) is 0. The van der Waals surface area contributed by atoms with Gasteiger partial charge in [0, 0.05) is 26.6 Å². The number of allylic oxidation sites excluding steroid dienone is 1. The van der Waals surface area contributed by atoms with Gasteiger partial charge in [0.05, 0.1) is 0 Å². The fraction of sp³-hybridized carbons (Fsp3) is 0.364. The smallest absolute Gasteiger partial charge is 0.160 e. The summed E-state index contributed by atoms with van der Waals surface area (Å²) in [5, 5.41) is 0. The minimum atomic E-state index is 0. The molecule has 0 aromatic heterocycles. The molecular weight excluding hydrogens is 426 g/mol. The fourth-order valence-corrected chi connectivity index (χ4v) is 4.55. The molecule has 186 valence electrons. The molecule has 2 heteroatoms. The van der Waals surface area contributed by atoms with Crippen molar-refractivity contribution in [3.05, 3.63) is 106 Å². The van der Waals surface area contributed by atoms with Gasteiger partial charge in [0.2, 0.25) is 0 Å². The zero-order valence-corrected chi connectivity index (χ0v) is 22.0. The van der Waals surface area contributed by atoms with E-state index in [1.165, 1.54) is 65.9 Å². The maximum atomic E-state index is 11.6. The lowest BCUT2D eigenvalue weighted by Gasteiger charge is -2.28. The molecule has 3 aromatic carbocycles. The number of carbonyl (C=O) groups is 1. The van der Waals surface area contributed by atoms with Gasteiger partial charge >= 0.3 is 0 Å². The number of hydrogen-bond donors (Lipinski definition) is 0. The van der Waals surface area contributed by atoms with Crippen LogP contribution in [0.25, 0.3) is 6.08 Å². The molecule has 35 heavy (non-hydrogen) atoms. The number of rotatable bonds is 4. The summed E-state index contributed by atoms with van der Waals surface area (Å²) in [5.74, 6) is 0.200. The van der Waals surface area contributed by atoms with Gasteiger partial charge in [0.25, 0.3) is 0 Å².